The fourth-order valence-corrected chi connectivity index (χ4v) is 2.81. The van der Waals surface area contributed by atoms with E-state index in [4.69, 9.17) is 4.55 Å². The van der Waals surface area contributed by atoms with E-state index in [2.05, 4.69) is 22.6 Å². The molecule has 0 fully saturated rings. The molecule has 0 aromatic heterocycles. The maximum atomic E-state index is 11.1. The van der Waals surface area contributed by atoms with Crippen molar-refractivity contribution in [1.82, 2.24) is 0 Å². The van der Waals surface area contributed by atoms with Crippen LogP contribution in [0.5, 0.6) is 0 Å². The van der Waals surface area contributed by atoms with E-state index in [0.29, 0.717) is 5.39 Å². The molecule has 0 radical (unpaired) electrons. The molecule has 2 rings (SSSR count). The van der Waals surface area contributed by atoms with Gasteiger partial charge in [-0.25, -0.2) is 0 Å². The summed E-state index contributed by atoms with van der Waals surface area (Å²) in [6, 6.07) is 10.2. The van der Waals surface area contributed by atoms with Crippen LogP contribution < -0.4 is 0 Å². The van der Waals surface area contributed by atoms with Gasteiger partial charge in [-0.3, -0.25) is 4.55 Å². The zero-order valence-electron chi connectivity index (χ0n) is 7.51. The van der Waals surface area contributed by atoms with Gasteiger partial charge in [-0.15, -0.1) is 0 Å². The third kappa shape index (κ3) is 2.77. The Morgan fingerprint density at radius 2 is 1.56 bits per heavy atom. The van der Waals surface area contributed by atoms with Crippen LogP contribution in [0, 0.1) is 3.57 Å². The van der Waals surface area contributed by atoms with Crippen molar-refractivity contribution >= 4 is 73.0 Å². The molecule has 6 heteroatoms. The molecule has 0 amide bonds. The van der Waals surface area contributed by atoms with E-state index in [0.717, 1.165) is 8.96 Å². The van der Waals surface area contributed by atoms with Crippen molar-refractivity contribution in [3.63, 3.8) is 0 Å². The van der Waals surface area contributed by atoms with Crippen LogP contribution in [0.15, 0.2) is 41.3 Å². The summed E-state index contributed by atoms with van der Waals surface area (Å²) in [6.07, 6.45) is 0. The molecule has 0 atom stereocenters. The van der Waals surface area contributed by atoms with E-state index in [9.17, 15) is 8.42 Å². The summed E-state index contributed by atoms with van der Waals surface area (Å²) in [5.41, 5.74) is 0. The molecule has 3 nitrogen and oxygen atoms in total. The zero-order valence-corrected chi connectivity index (χ0v) is 10.5. The van der Waals surface area contributed by atoms with E-state index < -0.39 is 10.1 Å². The van der Waals surface area contributed by atoms with Gasteiger partial charge in [-0.2, -0.15) is 8.42 Å². The van der Waals surface area contributed by atoms with Gasteiger partial charge >= 0.3 is 29.6 Å². The Balaban J connectivity index is 0.00000128. The van der Waals surface area contributed by atoms with Crippen LogP contribution in [-0.2, 0) is 10.1 Å². The van der Waals surface area contributed by atoms with Gasteiger partial charge in [0.25, 0.3) is 10.1 Å². The molecule has 0 saturated heterocycles. The van der Waals surface area contributed by atoms with Crippen molar-refractivity contribution in [2.45, 2.75) is 4.90 Å². The second-order valence-electron chi connectivity index (χ2n) is 3.07. The first-order valence-corrected chi connectivity index (χ1v) is 6.67. The quantitative estimate of drug-likeness (QED) is 0.482. The molecule has 0 spiro atoms. The van der Waals surface area contributed by atoms with Crippen LogP contribution in [0.4, 0.5) is 0 Å². The van der Waals surface area contributed by atoms with Crippen LogP contribution >= 0.6 is 22.6 Å². The van der Waals surface area contributed by atoms with Crippen molar-refractivity contribution in [1.29, 1.82) is 0 Å². The van der Waals surface area contributed by atoms with Crippen molar-refractivity contribution in [3.05, 3.63) is 40.0 Å². The van der Waals surface area contributed by atoms with Crippen LogP contribution in [0.1, 0.15) is 0 Å². The van der Waals surface area contributed by atoms with Crippen molar-refractivity contribution in [2.24, 2.45) is 0 Å². The number of hydrogen-bond acceptors (Lipinski definition) is 2. The Hall–Kier alpha value is 0.340. The maximum absolute atomic E-state index is 11.1. The van der Waals surface area contributed by atoms with Crippen LogP contribution in [0.25, 0.3) is 10.8 Å². The van der Waals surface area contributed by atoms with Crippen molar-refractivity contribution in [3.8, 4) is 0 Å². The predicted octanol–water partition coefficient (Wildman–Crippen LogP) is 2.04. The van der Waals surface area contributed by atoms with E-state index in [1.165, 1.54) is 6.07 Å². The Labute approximate surface area is 129 Å². The van der Waals surface area contributed by atoms with E-state index >= 15 is 0 Å². The molecule has 0 aliphatic heterocycles. The van der Waals surface area contributed by atoms with Gasteiger partial charge in [-0.05, 0) is 40.1 Å². The SMILES string of the molecule is O=S(=O)(O)c1ccc(I)c2ccccc12.[NaH]. The molecule has 80 valence electrons. The molecule has 2 aromatic carbocycles. The van der Waals surface area contributed by atoms with Crippen LogP contribution in [0.3, 0.4) is 0 Å². The first kappa shape index (κ1) is 14.4. The fourth-order valence-electron chi connectivity index (χ4n) is 1.46. The number of hydrogen-bond donors (Lipinski definition) is 1. The third-order valence-electron chi connectivity index (χ3n) is 2.11. The summed E-state index contributed by atoms with van der Waals surface area (Å²) < 4.78 is 32.2. The van der Waals surface area contributed by atoms with Gasteiger partial charge in [0, 0.05) is 8.96 Å². The summed E-state index contributed by atoms with van der Waals surface area (Å²) >= 11 is 2.13. The van der Waals surface area contributed by atoms with Gasteiger partial charge in [0.05, 0.1) is 0 Å². The molecule has 0 aliphatic carbocycles. The van der Waals surface area contributed by atoms with Crippen molar-refractivity contribution in [2.75, 3.05) is 0 Å². The Morgan fingerprint density at radius 3 is 2.12 bits per heavy atom. The van der Waals surface area contributed by atoms with E-state index in [-0.39, 0.29) is 34.5 Å². The van der Waals surface area contributed by atoms with Crippen LogP contribution in [-0.4, -0.2) is 42.5 Å². The molecule has 0 heterocycles. The topological polar surface area (TPSA) is 54.4 Å². The Kier molecular flexibility index (Phi) is 4.79. The summed E-state index contributed by atoms with van der Waals surface area (Å²) in [7, 11) is -4.15. The summed E-state index contributed by atoms with van der Waals surface area (Å²) in [4.78, 5) is -0.0430. The number of rotatable bonds is 1. The summed E-state index contributed by atoms with van der Waals surface area (Å²) in [5.74, 6) is 0. The average Bonchev–Trinajstić information content (AvgIpc) is 2.17. The molecule has 0 bridgehead atoms. The molecule has 0 saturated carbocycles. The molecule has 16 heavy (non-hydrogen) atoms. The molecule has 2 aromatic rings. The first-order chi connectivity index (χ1) is 7.00. The van der Waals surface area contributed by atoms with Gasteiger partial charge in [0.15, 0.2) is 0 Å². The summed E-state index contributed by atoms with van der Waals surface area (Å²) in [5, 5.41) is 1.38. The first-order valence-electron chi connectivity index (χ1n) is 4.15. The molecule has 1 N–H and O–H groups in total. The van der Waals surface area contributed by atoms with Gasteiger partial charge in [0.1, 0.15) is 4.90 Å². The molecular formula is C10H8INaO3S. The third-order valence-corrected chi connectivity index (χ3v) is 3.96. The van der Waals surface area contributed by atoms with Gasteiger partial charge < -0.3 is 0 Å². The number of fused-ring (bicyclic) bond motifs is 1. The Bertz CT molecular complexity index is 625. The molecular weight excluding hydrogens is 350 g/mol. The van der Waals surface area contributed by atoms with Crippen LogP contribution in [0.2, 0.25) is 0 Å². The van der Waals surface area contributed by atoms with E-state index in [1.807, 2.05) is 12.1 Å². The second kappa shape index (κ2) is 5.32. The summed E-state index contributed by atoms with van der Waals surface area (Å²) in [6.45, 7) is 0. The number of benzene rings is 2. The number of halogens is 1. The molecule has 0 unspecified atom stereocenters. The van der Waals surface area contributed by atoms with Gasteiger partial charge in [0.2, 0.25) is 0 Å². The van der Waals surface area contributed by atoms with Gasteiger partial charge in [-0.1, -0.05) is 24.3 Å². The second-order valence-corrected chi connectivity index (χ2v) is 5.62. The van der Waals surface area contributed by atoms with E-state index in [1.54, 1.807) is 18.2 Å². The molecule has 0 aliphatic rings. The zero-order chi connectivity index (χ0) is 11.1. The standard InChI is InChI=1S/C10H7IO3S.Na.H/c11-9-5-6-10(15(12,13)14)8-4-2-1-3-7(8)9;;/h1-6H,(H,12,13,14);;. The Morgan fingerprint density at radius 1 is 1.00 bits per heavy atom. The predicted molar refractivity (Wildman–Crippen MR) is 73.6 cm³/mol. The average molecular weight is 358 g/mol. The normalized spacial score (nSPS) is 11.1. The fraction of sp³-hybridized carbons (Fsp3) is 0. The minimum atomic E-state index is -4.15. The minimum absolute atomic E-state index is 0. The monoisotopic (exact) mass is 358 g/mol. The van der Waals surface area contributed by atoms with Crippen molar-refractivity contribution < 1.29 is 13.0 Å².